The van der Waals surface area contributed by atoms with E-state index in [0.717, 1.165) is 5.56 Å². The molecule has 0 aromatic heterocycles. The molecule has 0 aliphatic carbocycles. The topological polar surface area (TPSA) is 35.5 Å². The van der Waals surface area contributed by atoms with Crippen molar-refractivity contribution in [3.63, 3.8) is 0 Å². The molecule has 0 saturated heterocycles. The van der Waals surface area contributed by atoms with Crippen molar-refractivity contribution in [2.24, 2.45) is 0 Å². The van der Waals surface area contributed by atoms with Gasteiger partial charge in [0.05, 0.1) is 10.0 Å². The van der Waals surface area contributed by atoms with E-state index in [4.69, 9.17) is 32.7 Å². The molecule has 0 aliphatic rings. The van der Waals surface area contributed by atoms with Crippen molar-refractivity contribution in [1.29, 1.82) is 0 Å². The summed E-state index contributed by atoms with van der Waals surface area (Å²) in [6.07, 6.45) is 2.79. The number of carbonyl (C=O) groups excluding carboxylic acids is 1. The number of rotatable bonds is 3. The first-order chi connectivity index (χ1) is 8.78. The lowest BCUT2D eigenvalue weighted by Gasteiger charge is -2.18. The lowest BCUT2D eigenvalue weighted by atomic mass is 10.2. The fraction of sp³-hybridized carbons (Fsp3) is 0.357. The maximum atomic E-state index is 11.3. The summed E-state index contributed by atoms with van der Waals surface area (Å²) >= 11 is 11.7. The summed E-state index contributed by atoms with van der Waals surface area (Å²) in [5.74, 6) is 0. The average Bonchev–Trinajstić information content (AvgIpc) is 2.27. The quantitative estimate of drug-likeness (QED) is 0.740. The van der Waals surface area contributed by atoms with E-state index in [2.05, 4.69) is 0 Å². The Bertz CT molecular complexity index is 476. The van der Waals surface area contributed by atoms with Gasteiger partial charge in [0.1, 0.15) is 12.2 Å². The summed E-state index contributed by atoms with van der Waals surface area (Å²) < 4.78 is 9.88. The molecule has 1 aromatic carbocycles. The molecule has 0 radical (unpaired) electrons. The van der Waals surface area contributed by atoms with Gasteiger partial charge in [-0.3, -0.25) is 0 Å². The Morgan fingerprint density at radius 3 is 2.53 bits per heavy atom. The van der Waals surface area contributed by atoms with Crippen molar-refractivity contribution in [3.05, 3.63) is 39.9 Å². The van der Waals surface area contributed by atoms with Crippen LogP contribution in [-0.4, -0.2) is 18.4 Å². The number of hydrogen-bond acceptors (Lipinski definition) is 3. The van der Waals surface area contributed by atoms with Gasteiger partial charge >= 0.3 is 6.16 Å². The molecule has 1 rings (SSSR count). The fourth-order valence-corrected chi connectivity index (χ4v) is 1.50. The SMILES string of the molecule is CC(C)(C)OC(=O)OC/C=C/c1ccc(Cl)c(Cl)c1. The number of ether oxygens (including phenoxy) is 2. The van der Waals surface area contributed by atoms with E-state index in [1.165, 1.54) is 0 Å². The highest BCUT2D eigenvalue weighted by Crippen LogP contribution is 2.23. The zero-order valence-electron chi connectivity index (χ0n) is 11.1. The molecular weight excluding hydrogens is 287 g/mol. The number of halogens is 2. The highest BCUT2D eigenvalue weighted by atomic mass is 35.5. The summed E-state index contributed by atoms with van der Waals surface area (Å²) in [7, 11) is 0. The van der Waals surface area contributed by atoms with Gasteiger partial charge in [-0.25, -0.2) is 4.79 Å². The summed E-state index contributed by atoms with van der Waals surface area (Å²) in [5.41, 5.74) is 0.326. The van der Waals surface area contributed by atoms with Crippen LogP contribution in [0.5, 0.6) is 0 Å². The third-order valence-electron chi connectivity index (χ3n) is 1.94. The lowest BCUT2D eigenvalue weighted by Crippen LogP contribution is -2.24. The number of benzene rings is 1. The zero-order chi connectivity index (χ0) is 14.5. The van der Waals surface area contributed by atoms with Crippen molar-refractivity contribution in [2.45, 2.75) is 26.4 Å². The van der Waals surface area contributed by atoms with Crippen LogP contribution in [0, 0.1) is 0 Å². The van der Waals surface area contributed by atoms with Gasteiger partial charge in [-0.2, -0.15) is 0 Å². The Hall–Kier alpha value is -1.19. The normalized spacial score (nSPS) is 11.6. The van der Waals surface area contributed by atoms with Gasteiger partial charge < -0.3 is 9.47 Å². The molecule has 1 aromatic rings. The van der Waals surface area contributed by atoms with E-state index in [1.807, 2.05) is 6.07 Å². The van der Waals surface area contributed by atoms with Crippen LogP contribution in [0.15, 0.2) is 24.3 Å². The minimum absolute atomic E-state index is 0.134. The molecule has 19 heavy (non-hydrogen) atoms. The van der Waals surface area contributed by atoms with E-state index in [0.29, 0.717) is 10.0 Å². The van der Waals surface area contributed by atoms with Crippen LogP contribution in [0.3, 0.4) is 0 Å². The van der Waals surface area contributed by atoms with E-state index < -0.39 is 11.8 Å². The fourth-order valence-electron chi connectivity index (χ4n) is 1.20. The summed E-state index contributed by atoms with van der Waals surface area (Å²) in [6.45, 7) is 5.47. The van der Waals surface area contributed by atoms with Crippen LogP contribution in [0.4, 0.5) is 4.79 Å². The minimum Gasteiger partial charge on any atom is -0.430 e. The summed E-state index contributed by atoms with van der Waals surface area (Å²) in [4.78, 5) is 11.3. The highest BCUT2D eigenvalue weighted by Gasteiger charge is 2.16. The molecule has 0 unspecified atom stereocenters. The van der Waals surface area contributed by atoms with Crippen molar-refractivity contribution in [2.75, 3.05) is 6.61 Å². The van der Waals surface area contributed by atoms with Gasteiger partial charge in [0.2, 0.25) is 0 Å². The molecule has 5 heteroatoms. The van der Waals surface area contributed by atoms with Crippen LogP contribution in [0.1, 0.15) is 26.3 Å². The van der Waals surface area contributed by atoms with E-state index in [9.17, 15) is 4.79 Å². The Kier molecular flexibility index (Phi) is 5.70. The first-order valence-electron chi connectivity index (χ1n) is 5.75. The first-order valence-corrected chi connectivity index (χ1v) is 6.51. The maximum Gasteiger partial charge on any atom is 0.509 e. The van der Waals surface area contributed by atoms with Crippen LogP contribution in [-0.2, 0) is 9.47 Å². The highest BCUT2D eigenvalue weighted by molar-refractivity contribution is 6.42. The maximum absolute atomic E-state index is 11.3. The standard InChI is InChI=1S/C14H16Cl2O3/c1-14(2,3)19-13(17)18-8-4-5-10-6-7-11(15)12(16)9-10/h4-7,9H,8H2,1-3H3/b5-4+. The van der Waals surface area contributed by atoms with Gasteiger partial charge in [0.25, 0.3) is 0 Å². The molecular formula is C14H16Cl2O3. The van der Waals surface area contributed by atoms with Gasteiger partial charge in [0.15, 0.2) is 0 Å². The van der Waals surface area contributed by atoms with Crippen molar-refractivity contribution in [1.82, 2.24) is 0 Å². The molecule has 0 spiro atoms. The number of hydrogen-bond donors (Lipinski definition) is 0. The third kappa shape index (κ3) is 6.50. The predicted molar refractivity (Wildman–Crippen MR) is 77.7 cm³/mol. The third-order valence-corrected chi connectivity index (χ3v) is 2.68. The van der Waals surface area contributed by atoms with Crippen LogP contribution in [0.25, 0.3) is 6.08 Å². The Labute approximate surface area is 123 Å². The predicted octanol–water partition coefficient (Wildman–Crippen LogP) is 4.96. The monoisotopic (exact) mass is 302 g/mol. The molecule has 0 bridgehead atoms. The first kappa shape index (κ1) is 15.9. The zero-order valence-corrected chi connectivity index (χ0v) is 12.6. The van der Waals surface area contributed by atoms with Crippen LogP contribution in [0.2, 0.25) is 10.0 Å². The van der Waals surface area contributed by atoms with E-state index in [1.54, 1.807) is 45.1 Å². The summed E-state index contributed by atoms with van der Waals surface area (Å²) in [6, 6.07) is 5.25. The average molecular weight is 303 g/mol. The Balaban J connectivity index is 2.42. The minimum atomic E-state index is -0.689. The molecule has 0 fully saturated rings. The second-order valence-electron chi connectivity index (χ2n) is 4.85. The van der Waals surface area contributed by atoms with Crippen LogP contribution >= 0.6 is 23.2 Å². The second-order valence-corrected chi connectivity index (χ2v) is 5.67. The Morgan fingerprint density at radius 2 is 1.95 bits per heavy atom. The van der Waals surface area contributed by atoms with Crippen molar-refractivity contribution < 1.29 is 14.3 Å². The summed E-state index contributed by atoms with van der Waals surface area (Å²) in [5, 5.41) is 0.987. The van der Waals surface area contributed by atoms with Crippen molar-refractivity contribution >= 4 is 35.4 Å². The molecule has 3 nitrogen and oxygen atoms in total. The molecule has 104 valence electrons. The molecule has 0 amide bonds. The van der Waals surface area contributed by atoms with E-state index in [-0.39, 0.29) is 6.61 Å². The van der Waals surface area contributed by atoms with Gasteiger partial charge in [-0.05, 0) is 44.5 Å². The largest absolute Gasteiger partial charge is 0.509 e. The van der Waals surface area contributed by atoms with Gasteiger partial charge in [0, 0.05) is 0 Å². The molecule has 0 heterocycles. The van der Waals surface area contributed by atoms with E-state index >= 15 is 0 Å². The van der Waals surface area contributed by atoms with Crippen LogP contribution < -0.4 is 0 Å². The Morgan fingerprint density at radius 1 is 1.26 bits per heavy atom. The molecule has 0 atom stereocenters. The van der Waals surface area contributed by atoms with Crippen molar-refractivity contribution in [3.8, 4) is 0 Å². The number of carbonyl (C=O) groups is 1. The second kappa shape index (κ2) is 6.83. The smallest absolute Gasteiger partial charge is 0.430 e. The van der Waals surface area contributed by atoms with Gasteiger partial charge in [-0.15, -0.1) is 0 Å². The molecule has 0 N–H and O–H groups in total. The van der Waals surface area contributed by atoms with Gasteiger partial charge in [-0.1, -0.05) is 35.3 Å². The lowest BCUT2D eigenvalue weighted by molar-refractivity contribution is -0.00234. The molecule has 0 aliphatic heterocycles. The molecule has 0 saturated carbocycles.